The summed E-state index contributed by atoms with van der Waals surface area (Å²) in [6.07, 6.45) is 6.10. The minimum absolute atomic E-state index is 0.125. The van der Waals surface area contributed by atoms with Gasteiger partial charge in [-0.2, -0.15) is 5.10 Å². The number of hydrogen-bond acceptors (Lipinski definition) is 5. The Bertz CT molecular complexity index is 581. The SMILES string of the molecule is COc1ccc(/C(C)=N\NC(=O)CNC2CCCCC2)cc1OC. The van der Waals surface area contributed by atoms with Crippen LogP contribution in [0.5, 0.6) is 11.5 Å². The number of carbonyl (C=O) groups is 1. The minimum Gasteiger partial charge on any atom is -0.493 e. The smallest absolute Gasteiger partial charge is 0.254 e. The van der Waals surface area contributed by atoms with E-state index >= 15 is 0 Å². The second-order valence-electron chi connectivity index (χ2n) is 6.02. The van der Waals surface area contributed by atoms with Crippen LogP contribution in [0, 0.1) is 0 Å². The molecule has 2 N–H and O–H groups in total. The average molecular weight is 333 g/mol. The topological polar surface area (TPSA) is 72.0 Å². The zero-order chi connectivity index (χ0) is 17.4. The van der Waals surface area contributed by atoms with Gasteiger partial charge in [-0.15, -0.1) is 0 Å². The maximum Gasteiger partial charge on any atom is 0.254 e. The molecule has 2 rings (SSSR count). The number of hydrogen-bond donors (Lipinski definition) is 2. The summed E-state index contributed by atoms with van der Waals surface area (Å²) >= 11 is 0. The highest BCUT2D eigenvalue weighted by atomic mass is 16.5. The van der Waals surface area contributed by atoms with Crippen LogP contribution in [0.15, 0.2) is 23.3 Å². The van der Waals surface area contributed by atoms with Gasteiger partial charge in [-0.05, 0) is 38.0 Å². The van der Waals surface area contributed by atoms with E-state index in [4.69, 9.17) is 9.47 Å². The number of methoxy groups -OCH3 is 2. The lowest BCUT2D eigenvalue weighted by Gasteiger charge is -2.22. The fraction of sp³-hybridized carbons (Fsp3) is 0.556. The van der Waals surface area contributed by atoms with Gasteiger partial charge in [0.25, 0.3) is 5.91 Å². The van der Waals surface area contributed by atoms with E-state index in [2.05, 4.69) is 15.8 Å². The van der Waals surface area contributed by atoms with Gasteiger partial charge in [-0.25, -0.2) is 5.43 Å². The highest BCUT2D eigenvalue weighted by molar-refractivity contribution is 5.99. The highest BCUT2D eigenvalue weighted by Gasteiger charge is 2.13. The molecule has 0 spiro atoms. The summed E-state index contributed by atoms with van der Waals surface area (Å²) < 4.78 is 10.5. The van der Waals surface area contributed by atoms with Crippen LogP contribution < -0.4 is 20.2 Å². The van der Waals surface area contributed by atoms with Crippen molar-refractivity contribution in [3.8, 4) is 11.5 Å². The van der Waals surface area contributed by atoms with Crippen molar-refractivity contribution >= 4 is 11.6 Å². The molecule has 6 nitrogen and oxygen atoms in total. The third kappa shape index (κ3) is 5.23. The van der Waals surface area contributed by atoms with Gasteiger partial charge in [0.2, 0.25) is 0 Å². The van der Waals surface area contributed by atoms with Crippen molar-refractivity contribution in [1.82, 2.24) is 10.7 Å². The quantitative estimate of drug-likeness (QED) is 0.594. The van der Waals surface area contributed by atoms with Crippen molar-refractivity contribution in [2.75, 3.05) is 20.8 Å². The van der Waals surface area contributed by atoms with Crippen molar-refractivity contribution in [3.05, 3.63) is 23.8 Å². The normalized spacial score (nSPS) is 15.9. The van der Waals surface area contributed by atoms with E-state index in [1.165, 1.54) is 19.3 Å². The summed E-state index contributed by atoms with van der Waals surface area (Å²) in [6, 6.07) is 6.00. The summed E-state index contributed by atoms with van der Waals surface area (Å²) in [7, 11) is 3.19. The summed E-state index contributed by atoms with van der Waals surface area (Å²) in [6.45, 7) is 2.14. The van der Waals surface area contributed by atoms with Gasteiger partial charge in [0, 0.05) is 11.6 Å². The van der Waals surface area contributed by atoms with Crippen LogP contribution in [-0.2, 0) is 4.79 Å². The fourth-order valence-corrected chi connectivity index (χ4v) is 2.86. The number of amides is 1. The molecule has 0 radical (unpaired) electrons. The first-order valence-electron chi connectivity index (χ1n) is 8.43. The predicted molar refractivity (Wildman–Crippen MR) is 94.8 cm³/mol. The molecule has 1 saturated carbocycles. The number of benzene rings is 1. The van der Waals surface area contributed by atoms with Gasteiger partial charge < -0.3 is 14.8 Å². The summed E-state index contributed by atoms with van der Waals surface area (Å²) in [5, 5.41) is 7.47. The molecular weight excluding hydrogens is 306 g/mol. The van der Waals surface area contributed by atoms with E-state index in [0.717, 1.165) is 18.4 Å². The van der Waals surface area contributed by atoms with Crippen LogP contribution in [0.2, 0.25) is 0 Å². The van der Waals surface area contributed by atoms with Crippen LogP contribution >= 0.6 is 0 Å². The zero-order valence-electron chi connectivity index (χ0n) is 14.7. The second-order valence-corrected chi connectivity index (χ2v) is 6.02. The maximum absolute atomic E-state index is 11.9. The Hall–Kier alpha value is -2.08. The summed E-state index contributed by atoms with van der Waals surface area (Å²) in [5.41, 5.74) is 4.18. The molecule has 0 heterocycles. The van der Waals surface area contributed by atoms with E-state index in [1.54, 1.807) is 14.2 Å². The van der Waals surface area contributed by atoms with E-state index in [0.29, 0.717) is 29.8 Å². The van der Waals surface area contributed by atoms with E-state index in [9.17, 15) is 4.79 Å². The molecule has 1 aromatic rings. The summed E-state index contributed by atoms with van der Waals surface area (Å²) in [5.74, 6) is 1.17. The average Bonchev–Trinajstić information content (AvgIpc) is 2.64. The third-order valence-corrected chi connectivity index (χ3v) is 4.31. The van der Waals surface area contributed by atoms with Crippen LogP contribution in [0.3, 0.4) is 0 Å². The van der Waals surface area contributed by atoms with Gasteiger partial charge in [0.15, 0.2) is 11.5 Å². The molecule has 0 atom stereocenters. The number of nitrogens with zero attached hydrogens (tertiary/aromatic N) is 1. The monoisotopic (exact) mass is 333 g/mol. The number of carbonyl (C=O) groups excluding carboxylic acids is 1. The molecule has 1 aliphatic carbocycles. The molecule has 6 heteroatoms. The largest absolute Gasteiger partial charge is 0.493 e. The van der Waals surface area contributed by atoms with Gasteiger partial charge in [0.05, 0.1) is 26.5 Å². The van der Waals surface area contributed by atoms with Crippen molar-refractivity contribution in [3.63, 3.8) is 0 Å². The maximum atomic E-state index is 11.9. The van der Waals surface area contributed by atoms with E-state index in [1.807, 2.05) is 25.1 Å². The Balaban J connectivity index is 1.87. The zero-order valence-corrected chi connectivity index (χ0v) is 14.7. The molecule has 132 valence electrons. The molecule has 1 aliphatic rings. The first kappa shape index (κ1) is 18.3. The standard InChI is InChI=1S/C18H27N3O3/c1-13(14-9-10-16(23-2)17(11-14)24-3)20-21-18(22)12-19-15-7-5-4-6-8-15/h9-11,15,19H,4-8,12H2,1-3H3,(H,21,22)/b20-13-. The summed E-state index contributed by atoms with van der Waals surface area (Å²) in [4.78, 5) is 11.9. The van der Waals surface area contributed by atoms with Gasteiger partial charge >= 0.3 is 0 Å². The fourth-order valence-electron chi connectivity index (χ4n) is 2.86. The van der Waals surface area contributed by atoms with Crippen LogP contribution in [0.25, 0.3) is 0 Å². The van der Waals surface area contributed by atoms with Crippen molar-refractivity contribution in [2.45, 2.75) is 45.1 Å². The van der Waals surface area contributed by atoms with Crippen molar-refractivity contribution in [1.29, 1.82) is 0 Å². The van der Waals surface area contributed by atoms with Crippen molar-refractivity contribution in [2.24, 2.45) is 5.10 Å². The molecule has 0 unspecified atom stereocenters. The van der Waals surface area contributed by atoms with E-state index in [-0.39, 0.29) is 5.91 Å². The van der Waals surface area contributed by atoms with Crippen LogP contribution in [0.1, 0.15) is 44.6 Å². The van der Waals surface area contributed by atoms with Gasteiger partial charge in [-0.3, -0.25) is 4.79 Å². The molecule has 24 heavy (non-hydrogen) atoms. The molecule has 1 amide bonds. The number of ether oxygens (including phenoxy) is 2. The van der Waals surface area contributed by atoms with Crippen LogP contribution in [0.4, 0.5) is 0 Å². The molecule has 1 aromatic carbocycles. The Morgan fingerprint density at radius 1 is 1.17 bits per heavy atom. The number of rotatable bonds is 7. The van der Waals surface area contributed by atoms with Crippen molar-refractivity contribution < 1.29 is 14.3 Å². The van der Waals surface area contributed by atoms with Crippen LogP contribution in [-0.4, -0.2) is 38.4 Å². The lowest BCUT2D eigenvalue weighted by atomic mass is 9.95. The lowest BCUT2D eigenvalue weighted by molar-refractivity contribution is -0.120. The lowest BCUT2D eigenvalue weighted by Crippen LogP contribution is -2.38. The highest BCUT2D eigenvalue weighted by Crippen LogP contribution is 2.27. The molecule has 1 fully saturated rings. The van der Waals surface area contributed by atoms with E-state index < -0.39 is 0 Å². The Morgan fingerprint density at radius 2 is 1.88 bits per heavy atom. The predicted octanol–water partition coefficient (Wildman–Crippen LogP) is 2.47. The minimum atomic E-state index is -0.125. The molecule has 0 aliphatic heterocycles. The Kier molecular flexibility index (Phi) is 7.06. The molecule has 0 bridgehead atoms. The third-order valence-electron chi connectivity index (χ3n) is 4.31. The first-order chi connectivity index (χ1) is 11.6. The molecule has 0 saturated heterocycles. The molecule has 0 aromatic heterocycles. The number of nitrogens with one attached hydrogen (secondary N) is 2. The first-order valence-corrected chi connectivity index (χ1v) is 8.43. The second kappa shape index (κ2) is 9.27. The van der Waals surface area contributed by atoms with Gasteiger partial charge in [-0.1, -0.05) is 19.3 Å². The molecular formula is C18H27N3O3. The Morgan fingerprint density at radius 3 is 2.54 bits per heavy atom. The Labute approximate surface area is 143 Å². The van der Waals surface area contributed by atoms with Gasteiger partial charge in [0.1, 0.15) is 0 Å². The number of hydrazone groups is 1.